The van der Waals surface area contributed by atoms with Gasteiger partial charge in [-0.05, 0) is 50.5 Å². The SMILES string of the molecule is Cc1cccc(Nc2nc(N3CCCC3)nc3[nH]c(C)cc23)c1. The topological polar surface area (TPSA) is 56.8 Å². The molecule has 0 saturated carbocycles. The van der Waals surface area contributed by atoms with Crippen LogP contribution in [0.25, 0.3) is 11.0 Å². The number of aryl methyl sites for hydroxylation is 2. The fraction of sp³-hybridized carbons (Fsp3) is 0.333. The van der Waals surface area contributed by atoms with Crippen LogP contribution in [0, 0.1) is 13.8 Å². The van der Waals surface area contributed by atoms with Gasteiger partial charge in [-0.2, -0.15) is 9.97 Å². The maximum Gasteiger partial charge on any atom is 0.229 e. The third kappa shape index (κ3) is 2.74. The van der Waals surface area contributed by atoms with Crippen molar-refractivity contribution < 1.29 is 0 Å². The van der Waals surface area contributed by atoms with Gasteiger partial charge < -0.3 is 15.2 Å². The zero-order valence-corrected chi connectivity index (χ0v) is 13.6. The lowest BCUT2D eigenvalue weighted by Gasteiger charge is -2.17. The Bertz CT molecular complexity index is 846. The largest absolute Gasteiger partial charge is 0.343 e. The first-order valence-corrected chi connectivity index (χ1v) is 8.15. The van der Waals surface area contributed by atoms with Crippen LogP contribution in [0.15, 0.2) is 30.3 Å². The molecular weight excluding hydrogens is 286 g/mol. The van der Waals surface area contributed by atoms with Crippen LogP contribution in [-0.2, 0) is 0 Å². The molecule has 0 amide bonds. The predicted octanol–water partition coefficient (Wildman–Crippen LogP) is 3.92. The molecule has 4 rings (SSSR count). The summed E-state index contributed by atoms with van der Waals surface area (Å²) in [5.41, 5.74) is 4.27. The second-order valence-electron chi connectivity index (χ2n) is 6.28. The van der Waals surface area contributed by atoms with E-state index in [0.717, 1.165) is 47.3 Å². The molecule has 23 heavy (non-hydrogen) atoms. The van der Waals surface area contributed by atoms with Gasteiger partial charge in [-0.1, -0.05) is 12.1 Å². The fourth-order valence-corrected chi connectivity index (χ4v) is 3.14. The molecular formula is C18H21N5. The maximum absolute atomic E-state index is 4.80. The van der Waals surface area contributed by atoms with Crippen LogP contribution < -0.4 is 10.2 Å². The molecule has 1 fully saturated rings. The molecule has 0 radical (unpaired) electrons. The van der Waals surface area contributed by atoms with Crippen molar-refractivity contribution in [3.8, 4) is 0 Å². The highest BCUT2D eigenvalue weighted by Gasteiger charge is 2.18. The first-order chi connectivity index (χ1) is 11.2. The Balaban J connectivity index is 1.79. The number of aromatic nitrogens is 3. The minimum atomic E-state index is 0.812. The van der Waals surface area contributed by atoms with Gasteiger partial charge in [0.25, 0.3) is 0 Å². The summed E-state index contributed by atoms with van der Waals surface area (Å²) >= 11 is 0. The van der Waals surface area contributed by atoms with Crippen molar-refractivity contribution >= 4 is 28.5 Å². The minimum absolute atomic E-state index is 0.812. The average molecular weight is 307 g/mol. The van der Waals surface area contributed by atoms with E-state index in [9.17, 15) is 0 Å². The van der Waals surface area contributed by atoms with Crippen molar-refractivity contribution in [2.45, 2.75) is 26.7 Å². The summed E-state index contributed by atoms with van der Waals surface area (Å²) in [6, 6.07) is 10.4. The van der Waals surface area contributed by atoms with Crippen LogP contribution in [0.1, 0.15) is 24.1 Å². The normalized spacial score (nSPS) is 14.6. The summed E-state index contributed by atoms with van der Waals surface area (Å²) in [4.78, 5) is 15.1. The molecule has 3 heterocycles. The van der Waals surface area contributed by atoms with Crippen molar-refractivity contribution in [1.29, 1.82) is 0 Å². The summed E-state index contributed by atoms with van der Waals surface area (Å²) in [5, 5.41) is 4.50. The number of aromatic amines is 1. The molecule has 0 aliphatic carbocycles. The molecule has 1 saturated heterocycles. The van der Waals surface area contributed by atoms with E-state index in [-0.39, 0.29) is 0 Å². The molecule has 0 unspecified atom stereocenters. The van der Waals surface area contributed by atoms with E-state index in [0.29, 0.717) is 0 Å². The first-order valence-electron chi connectivity index (χ1n) is 8.15. The highest BCUT2D eigenvalue weighted by Crippen LogP contribution is 2.28. The van der Waals surface area contributed by atoms with E-state index in [1.807, 2.05) is 6.92 Å². The predicted molar refractivity (Wildman–Crippen MR) is 94.5 cm³/mol. The van der Waals surface area contributed by atoms with Gasteiger partial charge in [0.15, 0.2) is 0 Å². The first kappa shape index (κ1) is 14.1. The van der Waals surface area contributed by atoms with Crippen LogP contribution in [0.3, 0.4) is 0 Å². The maximum atomic E-state index is 4.80. The van der Waals surface area contributed by atoms with Gasteiger partial charge in [0, 0.05) is 24.5 Å². The van der Waals surface area contributed by atoms with Crippen molar-refractivity contribution in [1.82, 2.24) is 15.0 Å². The number of nitrogens with one attached hydrogen (secondary N) is 2. The van der Waals surface area contributed by atoms with Crippen molar-refractivity contribution in [3.63, 3.8) is 0 Å². The lowest BCUT2D eigenvalue weighted by atomic mass is 10.2. The molecule has 2 N–H and O–H groups in total. The summed E-state index contributed by atoms with van der Waals surface area (Å²) < 4.78 is 0. The highest BCUT2D eigenvalue weighted by atomic mass is 15.3. The smallest absolute Gasteiger partial charge is 0.229 e. The number of nitrogens with zero attached hydrogens (tertiary/aromatic N) is 3. The number of rotatable bonds is 3. The summed E-state index contributed by atoms with van der Waals surface area (Å²) in [6.07, 6.45) is 2.43. The van der Waals surface area contributed by atoms with Crippen molar-refractivity contribution in [2.75, 3.05) is 23.3 Å². The third-order valence-corrected chi connectivity index (χ3v) is 4.28. The Kier molecular flexibility index (Phi) is 3.41. The van der Waals surface area contributed by atoms with E-state index in [4.69, 9.17) is 9.97 Å². The lowest BCUT2D eigenvalue weighted by molar-refractivity contribution is 0.907. The molecule has 0 atom stereocenters. The molecule has 5 heteroatoms. The fourth-order valence-electron chi connectivity index (χ4n) is 3.14. The Hall–Kier alpha value is -2.56. The molecule has 0 bridgehead atoms. The van der Waals surface area contributed by atoms with Crippen LogP contribution in [0.4, 0.5) is 17.5 Å². The summed E-state index contributed by atoms with van der Waals surface area (Å²) in [6.45, 7) is 6.22. The minimum Gasteiger partial charge on any atom is -0.343 e. The van der Waals surface area contributed by atoms with E-state index in [1.54, 1.807) is 0 Å². The Morgan fingerprint density at radius 1 is 1.09 bits per heavy atom. The molecule has 118 valence electrons. The number of hydrogen-bond donors (Lipinski definition) is 2. The van der Waals surface area contributed by atoms with E-state index >= 15 is 0 Å². The van der Waals surface area contributed by atoms with Crippen LogP contribution in [0.5, 0.6) is 0 Å². The van der Waals surface area contributed by atoms with Gasteiger partial charge >= 0.3 is 0 Å². The average Bonchev–Trinajstić information content (AvgIpc) is 3.15. The third-order valence-electron chi connectivity index (χ3n) is 4.28. The van der Waals surface area contributed by atoms with Gasteiger partial charge in [0.2, 0.25) is 5.95 Å². The summed E-state index contributed by atoms with van der Waals surface area (Å²) in [5.74, 6) is 1.68. The summed E-state index contributed by atoms with van der Waals surface area (Å²) in [7, 11) is 0. The molecule has 5 nitrogen and oxygen atoms in total. The molecule has 0 spiro atoms. The second-order valence-corrected chi connectivity index (χ2v) is 6.28. The molecule has 1 aromatic carbocycles. The van der Waals surface area contributed by atoms with Gasteiger partial charge in [0.1, 0.15) is 11.5 Å². The standard InChI is InChI=1S/C18H21N5/c1-12-6-5-7-14(10-12)20-17-15-11-13(2)19-16(15)21-18(22-17)23-8-3-4-9-23/h5-7,10-11H,3-4,8-9H2,1-2H3,(H2,19,20,21,22). The Labute approximate surface area is 135 Å². The lowest BCUT2D eigenvalue weighted by Crippen LogP contribution is -2.20. The monoisotopic (exact) mass is 307 g/mol. The van der Waals surface area contributed by atoms with Gasteiger partial charge in [-0.3, -0.25) is 0 Å². The van der Waals surface area contributed by atoms with Crippen molar-refractivity contribution in [3.05, 3.63) is 41.6 Å². The van der Waals surface area contributed by atoms with E-state index in [1.165, 1.54) is 18.4 Å². The van der Waals surface area contributed by atoms with E-state index < -0.39 is 0 Å². The van der Waals surface area contributed by atoms with Gasteiger partial charge in [-0.15, -0.1) is 0 Å². The zero-order valence-electron chi connectivity index (χ0n) is 13.6. The zero-order chi connectivity index (χ0) is 15.8. The van der Waals surface area contributed by atoms with Crippen LogP contribution >= 0.6 is 0 Å². The number of anilines is 3. The Morgan fingerprint density at radius 2 is 1.91 bits per heavy atom. The molecule has 2 aromatic heterocycles. The number of fused-ring (bicyclic) bond motifs is 1. The van der Waals surface area contributed by atoms with Gasteiger partial charge in [-0.25, -0.2) is 0 Å². The number of hydrogen-bond acceptors (Lipinski definition) is 4. The van der Waals surface area contributed by atoms with Gasteiger partial charge in [0.05, 0.1) is 5.39 Å². The van der Waals surface area contributed by atoms with Crippen LogP contribution in [-0.4, -0.2) is 28.0 Å². The van der Waals surface area contributed by atoms with Crippen molar-refractivity contribution in [2.24, 2.45) is 0 Å². The molecule has 3 aromatic rings. The second kappa shape index (κ2) is 5.57. The quantitative estimate of drug-likeness (QED) is 0.770. The van der Waals surface area contributed by atoms with Crippen LogP contribution in [0.2, 0.25) is 0 Å². The highest BCUT2D eigenvalue weighted by molar-refractivity contribution is 5.90. The molecule has 1 aliphatic heterocycles. The number of H-pyrrole nitrogens is 1. The molecule has 1 aliphatic rings. The van der Waals surface area contributed by atoms with E-state index in [2.05, 4.69) is 52.5 Å². The Morgan fingerprint density at radius 3 is 2.70 bits per heavy atom. The number of benzene rings is 1.